The van der Waals surface area contributed by atoms with Gasteiger partial charge in [-0.3, -0.25) is 0 Å². The van der Waals surface area contributed by atoms with Crippen molar-refractivity contribution in [1.29, 1.82) is 0 Å². The fourth-order valence-electron chi connectivity index (χ4n) is 1.51. The number of nitrogens with zero attached hydrogens (tertiary/aromatic N) is 1. The van der Waals surface area contributed by atoms with Crippen molar-refractivity contribution in [2.75, 3.05) is 0 Å². The van der Waals surface area contributed by atoms with Crippen molar-refractivity contribution in [2.45, 2.75) is 6.92 Å². The zero-order valence-corrected chi connectivity index (χ0v) is 9.51. The van der Waals surface area contributed by atoms with Gasteiger partial charge in [0.15, 0.2) is 0 Å². The molecule has 0 bridgehead atoms. The molecule has 0 atom stereocenters. The lowest BCUT2D eigenvalue weighted by atomic mass is 10.1. The van der Waals surface area contributed by atoms with Gasteiger partial charge in [-0.25, -0.2) is 15.0 Å². The first kappa shape index (κ1) is 11.8. The summed E-state index contributed by atoms with van der Waals surface area (Å²) in [5.41, 5.74) is 2.24. The van der Waals surface area contributed by atoms with E-state index >= 15 is 0 Å². The summed E-state index contributed by atoms with van der Waals surface area (Å²) in [4.78, 5) is 22.0. The number of nitrogens with one attached hydrogen (secondary N) is 1. The number of para-hydroxylation sites is 1. The van der Waals surface area contributed by atoms with E-state index in [2.05, 4.69) is 5.10 Å². The normalized spacial score (nSPS) is 11.5. The maximum atomic E-state index is 11.7. The highest BCUT2D eigenvalue weighted by molar-refractivity contribution is 6.00. The first-order valence-electron chi connectivity index (χ1n) is 5.14. The number of amides is 1. The highest BCUT2D eigenvalue weighted by Crippen LogP contribution is 2.12. The standard InChI is InChI=1S/C12H10N2O4/c1-7(13-14-12(16)17)9-6-8-4-2-3-5-10(8)18-11(9)15/h2-6,14H,1H3,(H,16,17). The van der Waals surface area contributed by atoms with Gasteiger partial charge in [0.05, 0.1) is 11.3 Å². The Kier molecular flexibility index (Phi) is 3.09. The summed E-state index contributed by atoms with van der Waals surface area (Å²) in [6, 6.07) is 8.66. The van der Waals surface area contributed by atoms with Crippen molar-refractivity contribution in [3.05, 3.63) is 46.3 Å². The second-order valence-electron chi connectivity index (χ2n) is 3.60. The molecule has 92 valence electrons. The summed E-state index contributed by atoms with van der Waals surface area (Å²) >= 11 is 0. The van der Waals surface area contributed by atoms with E-state index in [1.165, 1.54) is 6.92 Å². The minimum atomic E-state index is -1.29. The predicted molar refractivity (Wildman–Crippen MR) is 65.9 cm³/mol. The summed E-state index contributed by atoms with van der Waals surface area (Å²) in [6.07, 6.45) is -1.29. The van der Waals surface area contributed by atoms with E-state index < -0.39 is 11.7 Å². The summed E-state index contributed by atoms with van der Waals surface area (Å²) in [7, 11) is 0. The molecule has 0 radical (unpaired) electrons. The minimum Gasteiger partial charge on any atom is -0.464 e. The van der Waals surface area contributed by atoms with E-state index in [1.54, 1.807) is 24.3 Å². The molecule has 2 aromatic rings. The van der Waals surface area contributed by atoms with Crippen LogP contribution in [0, 0.1) is 0 Å². The van der Waals surface area contributed by atoms with Gasteiger partial charge < -0.3 is 9.52 Å². The topological polar surface area (TPSA) is 91.9 Å². The molecule has 1 heterocycles. The molecule has 0 aliphatic rings. The summed E-state index contributed by atoms with van der Waals surface area (Å²) < 4.78 is 5.11. The van der Waals surface area contributed by atoms with Crippen LogP contribution in [-0.2, 0) is 0 Å². The van der Waals surface area contributed by atoms with Gasteiger partial charge in [-0.1, -0.05) is 18.2 Å². The maximum absolute atomic E-state index is 11.7. The van der Waals surface area contributed by atoms with Crippen LogP contribution in [0.2, 0.25) is 0 Å². The molecule has 18 heavy (non-hydrogen) atoms. The number of hydrogen-bond acceptors (Lipinski definition) is 4. The van der Waals surface area contributed by atoms with Crippen LogP contribution in [0.5, 0.6) is 0 Å². The Morgan fingerprint density at radius 3 is 2.83 bits per heavy atom. The lowest BCUT2D eigenvalue weighted by molar-refractivity contribution is 0.195. The van der Waals surface area contributed by atoms with Crippen molar-refractivity contribution in [1.82, 2.24) is 5.43 Å². The average Bonchev–Trinajstić information content (AvgIpc) is 2.35. The number of hydrazone groups is 1. The quantitative estimate of drug-likeness (QED) is 0.480. The van der Waals surface area contributed by atoms with Crippen LogP contribution < -0.4 is 11.1 Å². The molecule has 2 N–H and O–H groups in total. The Bertz CT molecular complexity index is 688. The number of benzene rings is 1. The third-order valence-electron chi connectivity index (χ3n) is 2.35. The first-order valence-corrected chi connectivity index (χ1v) is 5.14. The molecule has 1 amide bonds. The molecule has 6 heteroatoms. The molecule has 0 spiro atoms. The van der Waals surface area contributed by atoms with Crippen LogP contribution in [-0.4, -0.2) is 16.9 Å². The van der Waals surface area contributed by atoms with Crippen LogP contribution in [0.25, 0.3) is 11.0 Å². The summed E-state index contributed by atoms with van der Waals surface area (Å²) in [5.74, 6) is 0. The molecule has 2 rings (SSSR count). The largest absolute Gasteiger partial charge is 0.464 e. The molecule has 1 aromatic heterocycles. The number of fused-ring (bicyclic) bond motifs is 1. The molecule has 0 aliphatic carbocycles. The summed E-state index contributed by atoms with van der Waals surface area (Å²) in [6.45, 7) is 1.52. The van der Waals surface area contributed by atoms with Gasteiger partial charge in [0.2, 0.25) is 0 Å². The Balaban J connectivity index is 2.51. The van der Waals surface area contributed by atoms with Crippen molar-refractivity contribution in [3.8, 4) is 0 Å². The summed E-state index contributed by atoms with van der Waals surface area (Å²) in [5, 5.41) is 12.7. The monoisotopic (exact) mass is 246 g/mol. The predicted octanol–water partition coefficient (Wildman–Crippen LogP) is 1.78. The van der Waals surface area contributed by atoms with E-state index in [0.717, 1.165) is 5.39 Å². The molecule has 6 nitrogen and oxygen atoms in total. The van der Waals surface area contributed by atoms with Gasteiger partial charge in [-0.05, 0) is 19.1 Å². The van der Waals surface area contributed by atoms with Crippen molar-refractivity contribution < 1.29 is 14.3 Å². The molecule has 1 aromatic carbocycles. The zero-order chi connectivity index (χ0) is 13.1. The number of rotatable bonds is 2. The van der Waals surface area contributed by atoms with E-state index in [0.29, 0.717) is 5.58 Å². The van der Waals surface area contributed by atoms with Crippen LogP contribution in [0.15, 0.2) is 44.6 Å². The third kappa shape index (κ3) is 2.37. The minimum absolute atomic E-state index is 0.224. The highest BCUT2D eigenvalue weighted by Gasteiger charge is 2.08. The van der Waals surface area contributed by atoms with E-state index in [4.69, 9.17) is 9.52 Å². The van der Waals surface area contributed by atoms with Crippen LogP contribution >= 0.6 is 0 Å². The number of carboxylic acid groups (broad SMARTS) is 1. The van der Waals surface area contributed by atoms with Crippen LogP contribution in [0.3, 0.4) is 0 Å². The first-order chi connectivity index (χ1) is 8.58. The Morgan fingerprint density at radius 1 is 1.39 bits per heavy atom. The molecular weight excluding hydrogens is 236 g/mol. The number of carbonyl (C=O) groups is 1. The maximum Gasteiger partial charge on any atom is 0.425 e. The van der Waals surface area contributed by atoms with E-state index in [1.807, 2.05) is 11.5 Å². The van der Waals surface area contributed by atoms with Gasteiger partial charge in [-0.15, -0.1) is 0 Å². The van der Waals surface area contributed by atoms with Gasteiger partial charge in [0, 0.05) is 5.39 Å². The fourth-order valence-corrected chi connectivity index (χ4v) is 1.51. The molecule has 0 saturated carbocycles. The van der Waals surface area contributed by atoms with Gasteiger partial charge >= 0.3 is 11.7 Å². The van der Waals surface area contributed by atoms with Crippen molar-refractivity contribution >= 4 is 22.8 Å². The van der Waals surface area contributed by atoms with Gasteiger partial charge in [0.1, 0.15) is 5.58 Å². The second-order valence-corrected chi connectivity index (χ2v) is 3.60. The van der Waals surface area contributed by atoms with E-state index in [-0.39, 0.29) is 11.3 Å². The number of hydrogen-bond donors (Lipinski definition) is 2. The van der Waals surface area contributed by atoms with Crippen molar-refractivity contribution in [3.63, 3.8) is 0 Å². The molecule has 0 unspecified atom stereocenters. The smallest absolute Gasteiger partial charge is 0.425 e. The Morgan fingerprint density at radius 2 is 2.11 bits per heavy atom. The van der Waals surface area contributed by atoms with Gasteiger partial charge in [-0.2, -0.15) is 5.10 Å². The highest BCUT2D eigenvalue weighted by atomic mass is 16.4. The third-order valence-corrected chi connectivity index (χ3v) is 2.35. The van der Waals surface area contributed by atoms with Crippen LogP contribution in [0.4, 0.5) is 4.79 Å². The fraction of sp³-hybridized carbons (Fsp3) is 0.0833. The van der Waals surface area contributed by atoms with E-state index in [9.17, 15) is 9.59 Å². The molecule has 0 aliphatic heterocycles. The lowest BCUT2D eigenvalue weighted by Crippen LogP contribution is -2.19. The molecular formula is C12H10N2O4. The Hall–Kier alpha value is -2.63. The van der Waals surface area contributed by atoms with Crippen LogP contribution in [0.1, 0.15) is 12.5 Å². The molecule has 0 fully saturated rings. The second kappa shape index (κ2) is 4.70. The zero-order valence-electron chi connectivity index (χ0n) is 9.51. The Labute approximate surface area is 102 Å². The van der Waals surface area contributed by atoms with Gasteiger partial charge in [0.25, 0.3) is 0 Å². The SMILES string of the molecule is CC(=NNC(=O)O)c1cc2ccccc2oc1=O. The lowest BCUT2D eigenvalue weighted by Gasteiger charge is -2.01. The molecule has 0 saturated heterocycles. The average molecular weight is 246 g/mol. The van der Waals surface area contributed by atoms with Crippen molar-refractivity contribution in [2.24, 2.45) is 5.10 Å².